The summed E-state index contributed by atoms with van der Waals surface area (Å²) in [7, 11) is 0. The van der Waals surface area contributed by atoms with Crippen LogP contribution in [0, 0.1) is 0 Å². The first-order valence-corrected chi connectivity index (χ1v) is 14.6. The molecule has 4 aromatic carbocycles. The van der Waals surface area contributed by atoms with Gasteiger partial charge in [0.05, 0.1) is 48.7 Å². The van der Waals surface area contributed by atoms with E-state index in [1.807, 2.05) is 60.7 Å². The molecular formula is C36H34O10. The van der Waals surface area contributed by atoms with Crippen molar-refractivity contribution in [1.82, 2.24) is 0 Å². The molecule has 0 N–H and O–H groups in total. The van der Waals surface area contributed by atoms with Crippen molar-refractivity contribution >= 4 is 23.9 Å². The minimum atomic E-state index is -0.667. The molecule has 0 radical (unpaired) electrons. The van der Waals surface area contributed by atoms with E-state index >= 15 is 0 Å². The van der Waals surface area contributed by atoms with E-state index in [4.69, 9.17) is 28.4 Å². The predicted octanol–water partition coefficient (Wildman–Crippen LogP) is 5.45. The van der Waals surface area contributed by atoms with Crippen LogP contribution >= 0.6 is 0 Å². The minimum Gasteiger partial charge on any atom is -0.460 e. The van der Waals surface area contributed by atoms with E-state index in [0.717, 1.165) is 11.1 Å². The van der Waals surface area contributed by atoms with Gasteiger partial charge in [-0.1, -0.05) is 84.9 Å². The molecule has 0 amide bonds. The highest BCUT2D eigenvalue weighted by atomic mass is 16.6. The highest BCUT2D eigenvalue weighted by Crippen LogP contribution is 2.15. The van der Waals surface area contributed by atoms with Crippen LogP contribution < -0.4 is 0 Å². The van der Waals surface area contributed by atoms with Crippen LogP contribution in [-0.2, 0) is 41.6 Å². The van der Waals surface area contributed by atoms with Gasteiger partial charge in [-0.25, -0.2) is 19.2 Å². The van der Waals surface area contributed by atoms with Crippen LogP contribution in [-0.4, -0.2) is 63.5 Å². The molecule has 0 atom stereocenters. The van der Waals surface area contributed by atoms with E-state index in [1.165, 1.54) is 24.3 Å². The number of rotatable bonds is 17. The standard InChI is InChI=1S/C36H34O10/c37-33(29-15-7-9-17-31(29)35(39)45-25-27-11-3-1-4-12-27)43-23-21-41-19-20-42-22-24-44-34(38)30-16-8-10-18-32(30)36(40)46-26-28-13-5-2-6-14-28/h1-18H,19-26H2. The van der Waals surface area contributed by atoms with Crippen LogP contribution in [0.15, 0.2) is 109 Å². The van der Waals surface area contributed by atoms with Gasteiger partial charge in [-0.3, -0.25) is 0 Å². The van der Waals surface area contributed by atoms with Gasteiger partial charge in [-0.2, -0.15) is 0 Å². The summed E-state index contributed by atoms with van der Waals surface area (Å²) in [5.74, 6) is -2.58. The van der Waals surface area contributed by atoms with Crippen molar-refractivity contribution in [2.75, 3.05) is 39.6 Å². The normalized spacial score (nSPS) is 10.5. The third-order valence-electron chi connectivity index (χ3n) is 6.45. The molecule has 0 unspecified atom stereocenters. The topological polar surface area (TPSA) is 124 Å². The van der Waals surface area contributed by atoms with Gasteiger partial charge in [0.1, 0.15) is 26.4 Å². The zero-order valence-corrected chi connectivity index (χ0v) is 25.1. The monoisotopic (exact) mass is 626 g/mol. The Balaban J connectivity index is 1.08. The van der Waals surface area contributed by atoms with Crippen LogP contribution in [0.2, 0.25) is 0 Å². The summed E-state index contributed by atoms with van der Waals surface area (Å²) in [6, 6.07) is 31.0. The third kappa shape index (κ3) is 10.7. The first-order chi connectivity index (χ1) is 22.5. The summed E-state index contributed by atoms with van der Waals surface area (Å²) in [5.41, 5.74) is 2.10. The van der Waals surface area contributed by atoms with Gasteiger partial charge in [0.25, 0.3) is 0 Å². The average molecular weight is 627 g/mol. The predicted molar refractivity (Wildman–Crippen MR) is 166 cm³/mol. The van der Waals surface area contributed by atoms with Crippen molar-refractivity contribution in [2.45, 2.75) is 13.2 Å². The molecule has 10 heteroatoms. The Bertz CT molecular complexity index is 1450. The SMILES string of the molecule is O=C(OCCOCCOCCOC(=O)c1ccccc1C(=O)OCc1ccccc1)c1ccccc1C(=O)OCc1ccccc1. The molecule has 238 valence electrons. The van der Waals surface area contributed by atoms with E-state index in [9.17, 15) is 19.2 Å². The Morgan fingerprint density at radius 2 is 0.630 bits per heavy atom. The Morgan fingerprint density at radius 1 is 0.348 bits per heavy atom. The van der Waals surface area contributed by atoms with Gasteiger partial charge < -0.3 is 28.4 Å². The molecule has 0 spiro atoms. The van der Waals surface area contributed by atoms with Crippen LogP contribution in [0.5, 0.6) is 0 Å². The number of benzene rings is 4. The number of hydrogen-bond donors (Lipinski definition) is 0. The van der Waals surface area contributed by atoms with Crippen molar-refractivity contribution in [3.63, 3.8) is 0 Å². The molecule has 10 nitrogen and oxygen atoms in total. The lowest BCUT2D eigenvalue weighted by Gasteiger charge is -2.11. The second kappa shape index (κ2) is 18.5. The number of carbonyl (C=O) groups is 4. The van der Waals surface area contributed by atoms with Crippen LogP contribution in [0.1, 0.15) is 52.6 Å². The maximum atomic E-state index is 12.6. The maximum Gasteiger partial charge on any atom is 0.339 e. The molecule has 0 bridgehead atoms. The Labute approximate surface area is 266 Å². The molecule has 0 aromatic heterocycles. The lowest BCUT2D eigenvalue weighted by atomic mass is 10.1. The summed E-state index contributed by atoms with van der Waals surface area (Å²) < 4.78 is 32.1. The van der Waals surface area contributed by atoms with E-state index < -0.39 is 23.9 Å². The highest BCUT2D eigenvalue weighted by molar-refractivity contribution is 6.03. The van der Waals surface area contributed by atoms with E-state index in [1.54, 1.807) is 24.3 Å². The molecule has 0 aliphatic heterocycles. The van der Waals surface area contributed by atoms with Gasteiger partial charge in [0.2, 0.25) is 0 Å². The second-order valence-corrected chi connectivity index (χ2v) is 9.71. The van der Waals surface area contributed by atoms with E-state index in [-0.39, 0.29) is 75.1 Å². The number of carbonyl (C=O) groups excluding carboxylic acids is 4. The molecule has 0 aliphatic rings. The average Bonchev–Trinajstić information content (AvgIpc) is 3.11. The van der Waals surface area contributed by atoms with Gasteiger partial charge >= 0.3 is 23.9 Å². The van der Waals surface area contributed by atoms with Crippen molar-refractivity contribution in [3.8, 4) is 0 Å². The lowest BCUT2D eigenvalue weighted by molar-refractivity contribution is 0.00213. The molecule has 0 heterocycles. The molecule has 0 fully saturated rings. The summed E-state index contributed by atoms with van der Waals surface area (Å²) >= 11 is 0. The van der Waals surface area contributed by atoms with Gasteiger partial charge in [0.15, 0.2) is 0 Å². The van der Waals surface area contributed by atoms with Crippen molar-refractivity contribution in [1.29, 1.82) is 0 Å². The minimum absolute atomic E-state index is 0.0307. The quantitative estimate of drug-likeness (QED) is 0.0849. The number of ether oxygens (including phenoxy) is 6. The number of hydrogen-bond acceptors (Lipinski definition) is 10. The van der Waals surface area contributed by atoms with E-state index in [0.29, 0.717) is 0 Å². The van der Waals surface area contributed by atoms with Gasteiger partial charge in [0, 0.05) is 0 Å². The van der Waals surface area contributed by atoms with Crippen LogP contribution in [0.4, 0.5) is 0 Å². The summed E-state index contributed by atoms with van der Waals surface area (Å²) in [6.45, 7) is 0.758. The maximum absolute atomic E-state index is 12.6. The Hall–Kier alpha value is -5.32. The van der Waals surface area contributed by atoms with E-state index in [2.05, 4.69) is 0 Å². The van der Waals surface area contributed by atoms with Crippen LogP contribution in [0.25, 0.3) is 0 Å². The molecule has 46 heavy (non-hydrogen) atoms. The summed E-state index contributed by atoms with van der Waals surface area (Å²) in [6.07, 6.45) is 0. The summed E-state index contributed by atoms with van der Waals surface area (Å²) in [4.78, 5) is 50.3. The zero-order chi connectivity index (χ0) is 32.4. The van der Waals surface area contributed by atoms with Crippen LogP contribution in [0.3, 0.4) is 0 Å². The molecule has 0 saturated carbocycles. The fourth-order valence-corrected chi connectivity index (χ4v) is 4.14. The van der Waals surface area contributed by atoms with Gasteiger partial charge in [-0.15, -0.1) is 0 Å². The third-order valence-corrected chi connectivity index (χ3v) is 6.45. The smallest absolute Gasteiger partial charge is 0.339 e. The molecule has 0 aliphatic carbocycles. The number of esters is 4. The summed E-state index contributed by atoms with van der Waals surface area (Å²) in [5, 5.41) is 0. The van der Waals surface area contributed by atoms with Crippen molar-refractivity contribution in [3.05, 3.63) is 143 Å². The first kappa shape index (κ1) is 33.6. The second-order valence-electron chi connectivity index (χ2n) is 9.71. The lowest BCUT2D eigenvalue weighted by Crippen LogP contribution is -2.18. The fraction of sp³-hybridized carbons (Fsp3) is 0.222. The van der Waals surface area contributed by atoms with Gasteiger partial charge in [-0.05, 0) is 35.4 Å². The molecule has 0 saturated heterocycles. The van der Waals surface area contributed by atoms with Crippen molar-refractivity contribution < 1.29 is 47.6 Å². The Morgan fingerprint density at radius 3 is 0.978 bits per heavy atom. The first-order valence-electron chi connectivity index (χ1n) is 14.6. The highest BCUT2D eigenvalue weighted by Gasteiger charge is 2.20. The van der Waals surface area contributed by atoms with Crippen molar-refractivity contribution in [2.24, 2.45) is 0 Å². The largest absolute Gasteiger partial charge is 0.460 e. The Kier molecular flexibility index (Phi) is 13.5. The molecule has 4 aromatic rings. The molecule has 4 rings (SSSR count). The zero-order valence-electron chi connectivity index (χ0n) is 25.1. The fourth-order valence-electron chi connectivity index (χ4n) is 4.14. The molecular weight excluding hydrogens is 592 g/mol.